The first-order valence-electron chi connectivity index (χ1n) is 10.3. The minimum atomic E-state index is -0.557. The number of fused-ring (bicyclic) bond motifs is 1. The van der Waals surface area contributed by atoms with E-state index in [0.29, 0.717) is 28.6 Å². The topological polar surface area (TPSA) is 98.8 Å². The summed E-state index contributed by atoms with van der Waals surface area (Å²) in [7, 11) is 0. The maximum atomic E-state index is 14.6. The van der Waals surface area contributed by atoms with E-state index in [9.17, 15) is 8.78 Å². The third-order valence-electron chi connectivity index (χ3n) is 4.79. The first kappa shape index (κ1) is 22.2. The summed E-state index contributed by atoms with van der Waals surface area (Å²) in [6.07, 6.45) is 4.37. The molecule has 0 amide bonds. The van der Waals surface area contributed by atoms with Crippen LogP contribution >= 0.6 is 11.3 Å². The van der Waals surface area contributed by atoms with E-state index in [0.717, 1.165) is 15.1 Å². The van der Waals surface area contributed by atoms with Crippen molar-refractivity contribution in [3.8, 4) is 17.6 Å². The Morgan fingerprint density at radius 2 is 1.89 bits per heavy atom. The van der Waals surface area contributed by atoms with Gasteiger partial charge in [-0.15, -0.1) is 11.3 Å². The maximum absolute atomic E-state index is 14.6. The number of anilines is 3. The van der Waals surface area contributed by atoms with Crippen LogP contribution < -0.4 is 15.8 Å². The average molecular weight is 487 g/mol. The van der Waals surface area contributed by atoms with Crippen molar-refractivity contribution in [2.24, 2.45) is 0 Å². The monoisotopic (exact) mass is 486 g/mol. The average Bonchev–Trinajstić information content (AvgIpc) is 3.28. The smallest absolute Gasteiger partial charge is 0.167 e. The Morgan fingerprint density at radius 1 is 0.971 bits per heavy atom. The molecule has 7 nitrogen and oxygen atoms in total. The molecule has 5 rings (SSSR count). The molecule has 10 heteroatoms. The van der Waals surface area contributed by atoms with Crippen LogP contribution in [0.15, 0.2) is 67.3 Å². The summed E-state index contributed by atoms with van der Waals surface area (Å²) in [6, 6.07) is 12.3. The number of aromatic nitrogens is 4. The molecule has 0 saturated carbocycles. The van der Waals surface area contributed by atoms with Crippen LogP contribution in [0.3, 0.4) is 0 Å². The molecular formula is C25H16F2N6OS. The largest absolute Gasteiger partial charge is 0.486 e. The summed E-state index contributed by atoms with van der Waals surface area (Å²) >= 11 is 1.40. The van der Waals surface area contributed by atoms with Gasteiger partial charge in [-0.25, -0.2) is 28.7 Å². The number of hydrogen-bond donors (Lipinski definition) is 2. The lowest BCUT2D eigenvalue weighted by Gasteiger charge is -2.10. The molecule has 35 heavy (non-hydrogen) atoms. The van der Waals surface area contributed by atoms with Crippen molar-refractivity contribution >= 4 is 38.9 Å². The summed E-state index contributed by atoms with van der Waals surface area (Å²) in [6.45, 7) is 0.0503. The molecule has 0 fully saturated rings. The number of nitrogen functional groups attached to an aromatic ring is 1. The van der Waals surface area contributed by atoms with Gasteiger partial charge in [0.05, 0.1) is 22.7 Å². The van der Waals surface area contributed by atoms with E-state index >= 15 is 0 Å². The molecule has 0 radical (unpaired) electrons. The first-order chi connectivity index (χ1) is 17.0. The van der Waals surface area contributed by atoms with Crippen molar-refractivity contribution in [3.05, 3.63) is 95.0 Å². The first-order valence-corrected chi connectivity index (χ1v) is 11.1. The van der Waals surface area contributed by atoms with E-state index in [-0.39, 0.29) is 18.2 Å². The standard InChI is InChI=1S/C25H16F2N6OS/c26-16-3-1-2-15(8-16)13-34-22-7-5-17(9-21(22)27)33-24-20-10-19(35-25(20)32-14-31-24)6-4-18-11-30-23(28)12-29-18/h1-3,5,7-12,14H,13H2,(H2,28,30)(H,31,32,33). The normalized spacial score (nSPS) is 10.6. The summed E-state index contributed by atoms with van der Waals surface area (Å²) in [5, 5.41) is 3.86. The number of halogens is 2. The molecule has 5 aromatic rings. The predicted octanol–water partition coefficient (Wildman–Crippen LogP) is 5.06. The zero-order chi connectivity index (χ0) is 24.2. The summed E-state index contributed by atoms with van der Waals surface area (Å²) < 4.78 is 33.4. The van der Waals surface area contributed by atoms with Gasteiger partial charge in [0.15, 0.2) is 11.6 Å². The van der Waals surface area contributed by atoms with Gasteiger partial charge in [0.2, 0.25) is 0 Å². The van der Waals surface area contributed by atoms with Gasteiger partial charge in [-0.2, -0.15) is 0 Å². The second kappa shape index (κ2) is 9.70. The van der Waals surface area contributed by atoms with E-state index in [4.69, 9.17) is 10.5 Å². The minimum absolute atomic E-state index is 0.0503. The minimum Gasteiger partial charge on any atom is -0.486 e. The highest BCUT2D eigenvalue weighted by atomic mass is 32.1. The molecular weight excluding hydrogens is 470 g/mol. The number of ether oxygens (including phenoxy) is 1. The van der Waals surface area contributed by atoms with Crippen LogP contribution in [0.4, 0.5) is 26.1 Å². The second-order valence-electron chi connectivity index (χ2n) is 7.32. The maximum Gasteiger partial charge on any atom is 0.167 e. The van der Waals surface area contributed by atoms with Gasteiger partial charge in [-0.1, -0.05) is 12.1 Å². The number of nitrogens with one attached hydrogen (secondary N) is 1. The molecule has 3 aromatic heterocycles. The SMILES string of the molecule is Nc1cnc(C#Cc2cc3c(Nc4ccc(OCc5cccc(F)c5)c(F)c4)ncnc3s2)cn1. The van der Waals surface area contributed by atoms with Crippen LogP contribution in [0, 0.1) is 23.5 Å². The fourth-order valence-electron chi connectivity index (χ4n) is 3.17. The third kappa shape index (κ3) is 5.31. The fourth-order valence-corrected chi connectivity index (χ4v) is 4.02. The van der Waals surface area contributed by atoms with Crippen LogP contribution in [0.25, 0.3) is 10.2 Å². The molecule has 172 valence electrons. The third-order valence-corrected chi connectivity index (χ3v) is 5.75. The molecule has 3 heterocycles. The van der Waals surface area contributed by atoms with E-state index in [2.05, 4.69) is 37.1 Å². The van der Waals surface area contributed by atoms with Crippen LogP contribution in [0.1, 0.15) is 16.1 Å². The van der Waals surface area contributed by atoms with Crippen LogP contribution in [-0.2, 0) is 6.61 Å². The van der Waals surface area contributed by atoms with Crippen LogP contribution in [0.5, 0.6) is 5.75 Å². The zero-order valence-electron chi connectivity index (χ0n) is 18.0. The van der Waals surface area contributed by atoms with E-state index in [1.54, 1.807) is 18.2 Å². The van der Waals surface area contributed by atoms with Gasteiger partial charge in [-0.05, 0) is 47.7 Å². The highest BCUT2D eigenvalue weighted by Crippen LogP contribution is 2.31. The molecule has 0 saturated heterocycles. The van der Waals surface area contributed by atoms with E-state index in [1.807, 2.05) is 6.07 Å². The Labute approximate surface area is 202 Å². The lowest BCUT2D eigenvalue weighted by Crippen LogP contribution is -1.99. The van der Waals surface area contributed by atoms with Crippen LogP contribution in [0.2, 0.25) is 0 Å². The molecule has 0 spiro atoms. The molecule has 0 aliphatic rings. The molecule has 0 aliphatic carbocycles. The van der Waals surface area contributed by atoms with Crippen molar-refractivity contribution in [3.63, 3.8) is 0 Å². The van der Waals surface area contributed by atoms with Gasteiger partial charge in [-0.3, -0.25) is 0 Å². The molecule has 0 atom stereocenters. The van der Waals surface area contributed by atoms with Crippen molar-refractivity contribution in [1.82, 2.24) is 19.9 Å². The van der Waals surface area contributed by atoms with E-state index < -0.39 is 5.82 Å². The van der Waals surface area contributed by atoms with Gasteiger partial charge in [0.1, 0.15) is 40.9 Å². The number of benzene rings is 2. The van der Waals surface area contributed by atoms with Gasteiger partial charge >= 0.3 is 0 Å². The second-order valence-corrected chi connectivity index (χ2v) is 8.35. The lowest BCUT2D eigenvalue weighted by atomic mass is 10.2. The summed E-state index contributed by atoms with van der Waals surface area (Å²) in [4.78, 5) is 18.2. The van der Waals surface area contributed by atoms with Crippen molar-refractivity contribution in [2.45, 2.75) is 6.61 Å². The molecule has 2 aromatic carbocycles. The quantitative estimate of drug-likeness (QED) is 0.335. The number of rotatable bonds is 5. The van der Waals surface area contributed by atoms with Gasteiger partial charge < -0.3 is 15.8 Å². The van der Waals surface area contributed by atoms with Gasteiger partial charge in [0, 0.05) is 11.8 Å². The molecule has 0 unspecified atom stereocenters. The number of nitrogens with zero attached hydrogens (tertiary/aromatic N) is 4. The highest BCUT2D eigenvalue weighted by Gasteiger charge is 2.11. The zero-order valence-corrected chi connectivity index (χ0v) is 18.8. The lowest BCUT2D eigenvalue weighted by molar-refractivity contribution is 0.290. The number of hydrogen-bond acceptors (Lipinski definition) is 8. The Kier molecular flexibility index (Phi) is 6.15. The number of nitrogens with two attached hydrogens (primary N) is 1. The highest BCUT2D eigenvalue weighted by molar-refractivity contribution is 7.19. The van der Waals surface area contributed by atoms with Gasteiger partial charge in [0.25, 0.3) is 0 Å². The summed E-state index contributed by atoms with van der Waals surface area (Å²) in [5.41, 5.74) is 7.13. The molecule has 0 bridgehead atoms. The van der Waals surface area contributed by atoms with E-state index in [1.165, 1.54) is 54.3 Å². The predicted molar refractivity (Wildman–Crippen MR) is 130 cm³/mol. The molecule has 3 N–H and O–H groups in total. The van der Waals surface area contributed by atoms with Crippen molar-refractivity contribution in [1.29, 1.82) is 0 Å². The Hall–Kier alpha value is -4.62. The van der Waals surface area contributed by atoms with Crippen molar-refractivity contribution in [2.75, 3.05) is 11.1 Å². The fraction of sp³-hybridized carbons (Fsp3) is 0.0400. The molecule has 0 aliphatic heterocycles. The van der Waals surface area contributed by atoms with Crippen LogP contribution in [-0.4, -0.2) is 19.9 Å². The Bertz CT molecular complexity index is 1580. The van der Waals surface area contributed by atoms with Crippen molar-refractivity contribution < 1.29 is 13.5 Å². The number of thiophene rings is 1. The Morgan fingerprint density at radius 3 is 2.69 bits per heavy atom. The Balaban J connectivity index is 1.33. The summed E-state index contributed by atoms with van der Waals surface area (Å²) in [5.74, 6) is 5.95.